The molecule has 2 nitrogen and oxygen atoms in total. The van der Waals surface area contributed by atoms with Crippen LogP contribution in [0, 0.1) is 6.92 Å². The van der Waals surface area contributed by atoms with Gasteiger partial charge in [0.05, 0.1) is 10.4 Å². The third-order valence-corrected chi connectivity index (χ3v) is 3.94. The molecule has 0 saturated carbocycles. The molecule has 0 aliphatic heterocycles. The second kappa shape index (κ2) is 5.10. The Balaban J connectivity index is 2.53. The molecule has 0 fully saturated rings. The van der Waals surface area contributed by atoms with E-state index in [1.165, 1.54) is 14.2 Å². The topological polar surface area (TPSA) is 23.5 Å². The van der Waals surface area contributed by atoms with Gasteiger partial charge in [0, 0.05) is 18.0 Å². The highest BCUT2D eigenvalue weighted by atomic mass is 79.9. The zero-order chi connectivity index (χ0) is 9.84. The predicted octanol–water partition coefficient (Wildman–Crippen LogP) is 2.24. The average Bonchev–Trinajstić information content (AvgIpc) is 2.31. The van der Waals surface area contributed by atoms with E-state index >= 15 is 0 Å². The largest absolute Gasteiger partial charge is 0.395 e. The van der Waals surface area contributed by atoms with Crippen LogP contribution in [-0.2, 0) is 6.54 Å². The Hall–Kier alpha value is 0.100. The zero-order valence-corrected chi connectivity index (χ0v) is 10.3. The van der Waals surface area contributed by atoms with Gasteiger partial charge in [0.1, 0.15) is 0 Å². The molecule has 0 atom stereocenters. The summed E-state index contributed by atoms with van der Waals surface area (Å²) >= 11 is 5.26. The summed E-state index contributed by atoms with van der Waals surface area (Å²) in [6.07, 6.45) is 0. The Morgan fingerprint density at radius 1 is 1.62 bits per heavy atom. The van der Waals surface area contributed by atoms with Gasteiger partial charge >= 0.3 is 0 Å². The molecule has 0 aliphatic carbocycles. The average molecular weight is 264 g/mol. The summed E-state index contributed by atoms with van der Waals surface area (Å²) in [5, 5.41) is 8.73. The van der Waals surface area contributed by atoms with Gasteiger partial charge in [-0.25, -0.2) is 0 Å². The summed E-state index contributed by atoms with van der Waals surface area (Å²) in [7, 11) is 2.01. The van der Waals surface area contributed by atoms with E-state index in [0.717, 1.165) is 13.1 Å². The van der Waals surface area contributed by atoms with Gasteiger partial charge in [-0.05, 0) is 41.5 Å². The molecule has 0 bridgehead atoms. The summed E-state index contributed by atoms with van der Waals surface area (Å²) in [5.74, 6) is 0. The first-order valence-electron chi connectivity index (χ1n) is 4.17. The van der Waals surface area contributed by atoms with Crippen LogP contribution in [0.4, 0.5) is 0 Å². The molecule has 0 aromatic carbocycles. The highest BCUT2D eigenvalue weighted by molar-refractivity contribution is 9.11. The van der Waals surface area contributed by atoms with E-state index < -0.39 is 0 Å². The first kappa shape index (κ1) is 11.2. The summed E-state index contributed by atoms with van der Waals surface area (Å²) in [4.78, 5) is 3.44. The quantitative estimate of drug-likeness (QED) is 0.901. The molecule has 0 unspecified atom stereocenters. The zero-order valence-electron chi connectivity index (χ0n) is 7.88. The summed E-state index contributed by atoms with van der Waals surface area (Å²) in [6, 6.07) is 2.18. The monoisotopic (exact) mass is 263 g/mol. The number of nitrogens with zero attached hydrogens (tertiary/aromatic N) is 1. The first-order valence-corrected chi connectivity index (χ1v) is 5.78. The van der Waals surface area contributed by atoms with Gasteiger partial charge in [-0.3, -0.25) is 4.90 Å². The molecule has 0 spiro atoms. The minimum Gasteiger partial charge on any atom is -0.395 e. The predicted molar refractivity (Wildman–Crippen MR) is 60.2 cm³/mol. The maximum atomic E-state index is 8.73. The highest BCUT2D eigenvalue weighted by Gasteiger charge is 2.05. The van der Waals surface area contributed by atoms with Crippen molar-refractivity contribution < 1.29 is 5.11 Å². The van der Waals surface area contributed by atoms with Crippen LogP contribution >= 0.6 is 27.3 Å². The van der Waals surface area contributed by atoms with E-state index in [1.807, 2.05) is 7.05 Å². The fraction of sp³-hybridized carbons (Fsp3) is 0.556. The summed E-state index contributed by atoms with van der Waals surface area (Å²) in [5.41, 5.74) is 1.29. The second-order valence-corrected chi connectivity index (χ2v) is 5.59. The normalized spacial score (nSPS) is 11.2. The number of rotatable bonds is 4. The lowest BCUT2D eigenvalue weighted by atomic mass is 10.3. The number of aliphatic hydroxyl groups excluding tert-OH is 1. The van der Waals surface area contributed by atoms with E-state index in [9.17, 15) is 0 Å². The van der Waals surface area contributed by atoms with Crippen molar-refractivity contribution in [3.63, 3.8) is 0 Å². The number of likely N-dealkylation sites (N-methyl/N-ethyl adjacent to an activating group) is 1. The second-order valence-electron chi connectivity index (χ2n) is 3.13. The van der Waals surface area contributed by atoms with Crippen molar-refractivity contribution in [1.29, 1.82) is 0 Å². The van der Waals surface area contributed by atoms with Gasteiger partial charge in [-0.1, -0.05) is 0 Å². The van der Waals surface area contributed by atoms with Gasteiger partial charge < -0.3 is 5.11 Å². The Morgan fingerprint density at radius 3 is 2.77 bits per heavy atom. The lowest BCUT2D eigenvalue weighted by Gasteiger charge is -2.12. The molecule has 0 aliphatic rings. The van der Waals surface area contributed by atoms with Crippen LogP contribution in [-0.4, -0.2) is 30.2 Å². The van der Waals surface area contributed by atoms with Crippen LogP contribution in [0.25, 0.3) is 0 Å². The standard InChI is InChI=1S/C9H14BrNOS/c1-7-5-8(13-9(7)10)6-11(2)3-4-12/h5,12H,3-4,6H2,1-2H3. The van der Waals surface area contributed by atoms with Crippen LogP contribution in [0.1, 0.15) is 10.4 Å². The number of hydrogen-bond acceptors (Lipinski definition) is 3. The van der Waals surface area contributed by atoms with Crippen molar-refractivity contribution >= 4 is 27.3 Å². The van der Waals surface area contributed by atoms with Crippen LogP contribution < -0.4 is 0 Å². The molecular weight excluding hydrogens is 250 g/mol. The number of hydrogen-bond donors (Lipinski definition) is 1. The van der Waals surface area contributed by atoms with Gasteiger partial charge in [0.2, 0.25) is 0 Å². The van der Waals surface area contributed by atoms with Crippen molar-refractivity contribution in [1.82, 2.24) is 4.90 Å². The molecule has 0 radical (unpaired) electrons. The van der Waals surface area contributed by atoms with Gasteiger partial charge in [0.15, 0.2) is 0 Å². The molecule has 1 heterocycles. The van der Waals surface area contributed by atoms with Gasteiger partial charge in [0.25, 0.3) is 0 Å². The van der Waals surface area contributed by atoms with E-state index in [2.05, 4.69) is 33.8 Å². The lowest BCUT2D eigenvalue weighted by molar-refractivity contribution is 0.218. The number of aryl methyl sites for hydroxylation is 1. The smallest absolute Gasteiger partial charge is 0.0730 e. The Labute approximate surface area is 91.3 Å². The SMILES string of the molecule is Cc1cc(CN(C)CCO)sc1Br. The van der Waals surface area contributed by atoms with Crippen molar-refractivity contribution in [3.8, 4) is 0 Å². The highest BCUT2D eigenvalue weighted by Crippen LogP contribution is 2.27. The first-order chi connectivity index (χ1) is 6.13. The van der Waals surface area contributed by atoms with Crippen molar-refractivity contribution in [3.05, 3.63) is 20.3 Å². The van der Waals surface area contributed by atoms with Crippen LogP contribution in [0.2, 0.25) is 0 Å². The third-order valence-electron chi connectivity index (χ3n) is 1.82. The van der Waals surface area contributed by atoms with E-state index in [0.29, 0.717) is 0 Å². The molecule has 74 valence electrons. The molecule has 0 amide bonds. The van der Waals surface area contributed by atoms with E-state index in [1.54, 1.807) is 11.3 Å². The molecule has 4 heteroatoms. The fourth-order valence-electron chi connectivity index (χ4n) is 1.12. The molecule has 1 rings (SSSR count). The van der Waals surface area contributed by atoms with Crippen LogP contribution in [0.5, 0.6) is 0 Å². The fourth-order valence-corrected chi connectivity index (χ4v) is 2.83. The van der Waals surface area contributed by atoms with Crippen molar-refractivity contribution in [2.24, 2.45) is 0 Å². The van der Waals surface area contributed by atoms with Crippen LogP contribution in [0.15, 0.2) is 9.85 Å². The van der Waals surface area contributed by atoms with Gasteiger partial charge in [-0.15, -0.1) is 11.3 Å². The van der Waals surface area contributed by atoms with E-state index in [-0.39, 0.29) is 6.61 Å². The third kappa shape index (κ3) is 3.38. The molecule has 13 heavy (non-hydrogen) atoms. The van der Waals surface area contributed by atoms with Crippen molar-refractivity contribution in [2.45, 2.75) is 13.5 Å². The maximum Gasteiger partial charge on any atom is 0.0730 e. The molecule has 1 N–H and O–H groups in total. The summed E-state index contributed by atoms with van der Waals surface area (Å²) < 4.78 is 1.21. The Bertz CT molecular complexity index is 255. The maximum absolute atomic E-state index is 8.73. The van der Waals surface area contributed by atoms with Crippen molar-refractivity contribution in [2.75, 3.05) is 20.2 Å². The molecular formula is C9H14BrNOS. The minimum atomic E-state index is 0.224. The summed E-state index contributed by atoms with van der Waals surface area (Å²) in [6.45, 7) is 3.96. The van der Waals surface area contributed by atoms with E-state index in [4.69, 9.17) is 5.11 Å². The number of thiophene rings is 1. The van der Waals surface area contributed by atoms with Gasteiger partial charge in [-0.2, -0.15) is 0 Å². The molecule has 1 aromatic rings. The molecule has 1 aromatic heterocycles. The Morgan fingerprint density at radius 2 is 2.31 bits per heavy atom. The Kier molecular flexibility index (Phi) is 4.38. The molecule has 0 saturated heterocycles. The van der Waals surface area contributed by atoms with Crippen LogP contribution in [0.3, 0.4) is 0 Å². The lowest BCUT2D eigenvalue weighted by Crippen LogP contribution is -2.20. The minimum absolute atomic E-state index is 0.224. The number of halogens is 1. The number of aliphatic hydroxyl groups is 1.